The lowest BCUT2D eigenvalue weighted by atomic mass is 10.1. The number of pyridine rings is 1. The van der Waals surface area contributed by atoms with Gasteiger partial charge < -0.3 is 9.52 Å². The molecule has 0 amide bonds. The largest absolute Gasteiger partial charge is 0.506 e. The topological polar surface area (TPSA) is 75.7 Å². The Morgan fingerprint density at radius 1 is 1.27 bits per heavy atom. The fraction of sp³-hybridized carbons (Fsp3) is 0. The van der Waals surface area contributed by atoms with Crippen molar-refractivity contribution in [3.8, 4) is 5.75 Å². The van der Waals surface area contributed by atoms with Crippen LogP contribution in [0.3, 0.4) is 0 Å². The van der Waals surface area contributed by atoms with Crippen LogP contribution in [0, 0.1) is 0 Å². The Labute approximate surface area is 134 Å². The van der Waals surface area contributed by atoms with Crippen molar-refractivity contribution in [1.82, 2.24) is 4.98 Å². The van der Waals surface area contributed by atoms with E-state index in [9.17, 15) is 9.90 Å². The smallest absolute Gasteiger partial charge is 0.348 e. The molecule has 3 aromatic rings. The second-order valence-corrected chi connectivity index (χ2v) is 5.21. The Bertz CT molecular complexity index is 951. The van der Waals surface area contributed by atoms with E-state index in [-0.39, 0.29) is 22.2 Å². The van der Waals surface area contributed by atoms with Crippen LogP contribution in [0.1, 0.15) is 5.56 Å². The van der Waals surface area contributed by atoms with Crippen LogP contribution in [0.5, 0.6) is 5.75 Å². The van der Waals surface area contributed by atoms with Gasteiger partial charge in [-0.25, -0.2) is 14.8 Å². The molecule has 0 saturated heterocycles. The van der Waals surface area contributed by atoms with Gasteiger partial charge >= 0.3 is 5.63 Å². The maximum atomic E-state index is 11.9. The van der Waals surface area contributed by atoms with E-state index in [1.807, 2.05) is 0 Å². The van der Waals surface area contributed by atoms with Gasteiger partial charge in [0.15, 0.2) is 5.82 Å². The Kier molecular flexibility index (Phi) is 3.83. The number of hydrogen-bond acceptors (Lipinski definition) is 5. The maximum Gasteiger partial charge on any atom is 0.348 e. The fourth-order valence-electron chi connectivity index (χ4n) is 1.89. The number of hydrogen-bond donors (Lipinski definition) is 1. The van der Waals surface area contributed by atoms with Crippen molar-refractivity contribution in [2.24, 2.45) is 4.99 Å². The van der Waals surface area contributed by atoms with Gasteiger partial charge in [-0.3, -0.25) is 0 Å². The minimum absolute atomic E-state index is 0.0773. The number of nitrogens with zero attached hydrogens (tertiary/aromatic N) is 2. The zero-order chi connectivity index (χ0) is 15.7. The van der Waals surface area contributed by atoms with Crippen LogP contribution in [0.2, 0.25) is 10.0 Å². The molecule has 0 saturated carbocycles. The van der Waals surface area contributed by atoms with E-state index in [1.165, 1.54) is 12.3 Å². The minimum atomic E-state index is -0.704. The first-order valence-electron chi connectivity index (χ1n) is 6.16. The van der Waals surface area contributed by atoms with Crippen molar-refractivity contribution in [2.45, 2.75) is 0 Å². The fourth-order valence-corrected chi connectivity index (χ4v) is 2.32. The van der Waals surface area contributed by atoms with Crippen molar-refractivity contribution in [2.75, 3.05) is 0 Å². The molecule has 0 bridgehead atoms. The van der Waals surface area contributed by atoms with Gasteiger partial charge in [0.25, 0.3) is 0 Å². The summed E-state index contributed by atoms with van der Waals surface area (Å²) in [5.41, 5.74) is -0.485. The molecule has 0 fully saturated rings. The van der Waals surface area contributed by atoms with Crippen LogP contribution in [0.4, 0.5) is 5.82 Å². The third-order valence-corrected chi connectivity index (χ3v) is 3.41. The maximum absolute atomic E-state index is 11.9. The highest BCUT2D eigenvalue weighted by Gasteiger charge is 2.12. The van der Waals surface area contributed by atoms with Crippen LogP contribution < -0.4 is 5.63 Å². The minimum Gasteiger partial charge on any atom is -0.506 e. The molecule has 1 N–H and O–H groups in total. The highest BCUT2D eigenvalue weighted by atomic mass is 35.5. The van der Waals surface area contributed by atoms with E-state index in [2.05, 4.69) is 9.98 Å². The quantitative estimate of drug-likeness (QED) is 0.568. The molecule has 0 aliphatic heterocycles. The molecule has 0 radical (unpaired) electrons. The van der Waals surface area contributed by atoms with Crippen LogP contribution in [0.25, 0.3) is 11.0 Å². The number of aromatic hydroxyl groups is 1. The van der Waals surface area contributed by atoms with Crippen molar-refractivity contribution in [1.29, 1.82) is 0 Å². The average Bonchev–Trinajstić information content (AvgIpc) is 2.49. The Morgan fingerprint density at radius 3 is 2.82 bits per heavy atom. The predicted molar refractivity (Wildman–Crippen MR) is 85.7 cm³/mol. The van der Waals surface area contributed by atoms with E-state index < -0.39 is 5.63 Å². The summed E-state index contributed by atoms with van der Waals surface area (Å²) in [6, 6.07) is 8.13. The molecular weight excluding hydrogens is 327 g/mol. The van der Waals surface area contributed by atoms with Gasteiger partial charge in [0.05, 0.1) is 15.4 Å². The monoisotopic (exact) mass is 334 g/mol. The van der Waals surface area contributed by atoms with Crippen molar-refractivity contribution in [3.05, 3.63) is 62.6 Å². The summed E-state index contributed by atoms with van der Waals surface area (Å²) in [5, 5.41) is 11.2. The summed E-state index contributed by atoms with van der Waals surface area (Å²) in [7, 11) is 0. The predicted octanol–water partition coefficient (Wildman–Crippen LogP) is 3.95. The molecule has 0 aliphatic carbocycles. The summed E-state index contributed by atoms with van der Waals surface area (Å²) in [5.74, 6) is -0.0290. The number of aromatic nitrogens is 1. The van der Waals surface area contributed by atoms with Gasteiger partial charge in [0, 0.05) is 12.4 Å². The van der Waals surface area contributed by atoms with Gasteiger partial charge in [-0.05, 0) is 18.2 Å². The third-order valence-electron chi connectivity index (χ3n) is 2.92. The standard InChI is InChI=1S/C15H8Cl2N2O3/c16-8-5-11(17)14(18-6-8)19-7-10-13(20)9-3-1-2-4-12(9)22-15(10)21/h1-7,20H/b19-7+. The lowest BCUT2D eigenvalue weighted by Gasteiger charge is -2.02. The SMILES string of the molecule is O=c1oc2ccccc2c(O)c1/C=N/c1ncc(Cl)cc1Cl. The van der Waals surface area contributed by atoms with Gasteiger partial charge in [-0.2, -0.15) is 0 Å². The summed E-state index contributed by atoms with van der Waals surface area (Å²) in [6.07, 6.45) is 2.54. The molecule has 2 heterocycles. The highest BCUT2D eigenvalue weighted by molar-refractivity contribution is 6.35. The lowest BCUT2D eigenvalue weighted by molar-refractivity contribution is 0.466. The number of fused-ring (bicyclic) bond motifs is 1. The van der Waals surface area contributed by atoms with Gasteiger partial charge in [-0.1, -0.05) is 35.3 Å². The molecule has 22 heavy (non-hydrogen) atoms. The lowest BCUT2D eigenvalue weighted by Crippen LogP contribution is -2.06. The van der Waals surface area contributed by atoms with Crippen LogP contribution in [-0.2, 0) is 0 Å². The first-order chi connectivity index (χ1) is 10.6. The summed E-state index contributed by atoms with van der Waals surface area (Å²) in [6.45, 7) is 0. The van der Waals surface area contributed by atoms with E-state index in [4.69, 9.17) is 27.6 Å². The molecule has 7 heteroatoms. The average molecular weight is 335 g/mol. The number of benzene rings is 1. The van der Waals surface area contributed by atoms with E-state index in [0.29, 0.717) is 16.0 Å². The Morgan fingerprint density at radius 2 is 2.05 bits per heavy atom. The van der Waals surface area contributed by atoms with Crippen molar-refractivity contribution < 1.29 is 9.52 Å². The Hall–Kier alpha value is -2.37. The third kappa shape index (κ3) is 2.68. The van der Waals surface area contributed by atoms with Gasteiger partial charge in [0.2, 0.25) is 0 Å². The van der Waals surface area contributed by atoms with Crippen molar-refractivity contribution in [3.63, 3.8) is 0 Å². The second kappa shape index (κ2) is 5.79. The highest BCUT2D eigenvalue weighted by Crippen LogP contribution is 2.27. The zero-order valence-corrected chi connectivity index (χ0v) is 12.5. The molecular formula is C15H8Cl2N2O3. The first kappa shape index (κ1) is 14.6. The summed E-state index contributed by atoms with van der Waals surface area (Å²) < 4.78 is 5.13. The van der Waals surface area contributed by atoms with Gasteiger partial charge in [0.1, 0.15) is 16.9 Å². The molecule has 1 aromatic carbocycles. The molecule has 0 spiro atoms. The molecule has 0 unspecified atom stereocenters. The number of halogens is 2. The Balaban J connectivity index is 2.10. The van der Waals surface area contributed by atoms with Crippen LogP contribution in [0.15, 0.2) is 50.7 Å². The summed E-state index contributed by atoms with van der Waals surface area (Å²) in [4.78, 5) is 19.9. The number of aliphatic imine (C=N–C) groups is 1. The zero-order valence-electron chi connectivity index (χ0n) is 11.0. The molecule has 0 aliphatic rings. The van der Waals surface area contributed by atoms with Gasteiger partial charge in [-0.15, -0.1) is 0 Å². The molecule has 0 atom stereocenters. The molecule has 110 valence electrons. The molecule has 2 aromatic heterocycles. The molecule has 5 nitrogen and oxygen atoms in total. The van der Waals surface area contributed by atoms with E-state index in [1.54, 1.807) is 24.3 Å². The number of rotatable bonds is 2. The van der Waals surface area contributed by atoms with E-state index in [0.717, 1.165) is 6.21 Å². The summed E-state index contributed by atoms with van der Waals surface area (Å²) >= 11 is 11.7. The van der Waals surface area contributed by atoms with Crippen LogP contribution >= 0.6 is 23.2 Å². The normalized spacial score (nSPS) is 11.4. The van der Waals surface area contributed by atoms with Crippen molar-refractivity contribution >= 4 is 46.2 Å². The second-order valence-electron chi connectivity index (χ2n) is 4.37. The number of para-hydroxylation sites is 1. The first-order valence-corrected chi connectivity index (χ1v) is 6.92. The van der Waals surface area contributed by atoms with E-state index >= 15 is 0 Å². The van der Waals surface area contributed by atoms with Crippen LogP contribution in [-0.4, -0.2) is 16.3 Å². The molecule has 3 rings (SSSR count).